The van der Waals surface area contributed by atoms with E-state index < -0.39 is 0 Å². The molecular formula is C14H32N2. The predicted octanol–water partition coefficient (Wildman–Crippen LogP) is 4.01. The van der Waals surface area contributed by atoms with Gasteiger partial charge < -0.3 is 0 Å². The fourth-order valence-electron chi connectivity index (χ4n) is 2.46. The zero-order chi connectivity index (χ0) is 12.2. The van der Waals surface area contributed by atoms with E-state index in [2.05, 4.69) is 26.2 Å². The molecule has 0 amide bonds. The molecule has 0 rings (SSSR count). The molecular weight excluding hydrogens is 196 g/mol. The maximum absolute atomic E-state index is 5.64. The van der Waals surface area contributed by atoms with Crippen molar-refractivity contribution in [2.24, 2.45) is 11.8 Å². The third-order valence-electron chi connectivity index (χ3n) is 3.70. The smallest absolute Gasteiger partial charge is 0.0238 e. The van der Waals surface area contributed by atoms with Gasteiger partial charge in [0.1, 0.15) is 0 Å². The van der Waals surface area contributed by atoms with E-state index in [1.54, 1.807) is 0 Å². The largest absolute Gasteiger partial charge is 0.271 e. The molecule has 3 N–H and O–H groups in total. The molecule has 0 saturated carbocycles. The number of unbranched alkanes of at least 4 members (excludes halogenated alkanes) is 5. The summed E-state index contributed by atoms with van der Waals surface area (Å²) in [6, 6.07) is 0.529. The molecule has 2 nitrogen and oxygen atoms in total. The van der Waals surface area contributed by atoms with E-state index in [-0.39, 0.29) is 0 Å². The standard InChI is InChI=1S/C14H32N2/c1-4-7-8-9-10-11-12-14(16-15)13(5-2)6-3/h13-14,16H,4-12,15H2,1-3H3. The average molecular weight is 228 g/mol. The summed E-state index contributed by atoms with van der Waals surface area (Å²) in [4.78, 5) is 0. The van der Waals surface area contributed by atoms with E-state index in [0.29, 0.717) is 6.04 Å². The summed E-state index contributed by atoms with van der Waals surface area (Å²) in [7, 11) is 0. The first-order chi connectivity index (χ1) is 7.79. The first kappa shape index (κ1) is 15.9. The number of hydrazine groups is 1. The SMILES string of the molecule is CCCCCCCCC(NN)C(CC)CC. The quantitative estimate of drug-likeness (QED) is 0.318. The van der Waals surface area contributed by atoms with E-state index in [4.69, 9.17) is 5.84 Å². The number of hydrogen-bond acceptors (Lipinski definition) is 2. The van der Waals surface area contributed by atoms with Crippen molar-refractivity contribution >= 4 is 0 Å². The van der Waals surface area contributed by atoms with Crippen molar-refractivity contribution in [3.05, 3.63) is 0 Å². The van der Waals surface area contributed by atoms with E-state index >= 15 is 0 Å². The Morgan fingerprint density at radius 1 is 0.875 bits per heavy atom. The van der Waals surface area contributed by atoms with Crippen molar-refractivity contribution in [2.75, 3.05) is 0 Å². The second kappa shape index (κ2) is 11.4. The highest BCUT2D eigenvalue weighted by Crippen LogP contribution is 2.18. The van der Waals surface area contributed by atoms with Gasteiger partial charge in [0.25, 0.3) is 0 Å². The van der Waals surface area contributed by atoms with Gasteiger partial charge in [0, 0.05) is 6.04 Å². The molecule has 0 aromatic heterocycles. The summed E-state index contributed by atoms with van der Waals surface area (Å²) in [6.45, 7) is 6.79. The molecule has 0 saturated heterocycles. The second-order valence-electron chi connectivity index (χ2n) is 4.91. The van der Waals surface area contributed by atoms with Gasteiger partial charge in [0.15, 0.2) is 0 Å². The van der Waals surface area contributed by atoms with Crippen molar-refractivity contribution < 1.29 is 0 Å². The van der Waals surface area contributed by atoms with Crippen LogP contribution < -0.4 is 11.3 Å². The lowest BCUT2D eigenvalue weighted by atomic mass is 9.90. The zero-order valence-electron chi connectivity index (χ0n) is 11.6. The normalized spacial score (nSPS) is 13.3. The van der Waals surface area contributed by atoms with Crippen LogP contribution in [0.4, 0.5) is 0 Å². The third-order valence-corrected chi connectivity index (χ3v) is 3.70. The van der Waals surface area contributed by atoms with Crippen LogP contribution >= 0.6 is 0 Å². The highest BCUT2D eigenvalue weighted by atomic mass is 15.2. The lowest BCUT2D eigenvalue weighted by molar-refractivity contribution is 0.312. The molecule has 16 heavy (non-hydrogen) atoms. The zero-order valence-corrected chi connectivity index (χ0v) is 11.6. The lowest BCUT2D eigenvalue weighted by Gasteiger charge is -2.24. The minimum absolute atomic E-state index is 0.529. The summed E-state index contributed by atoms with van der Waals surface area (Å²) in [5.74, 6) is 6.39. The predicted molar refractivity (Wildman–Crippen MR) is 73.2 cm³/mol. The molecule has 2 heteroatoms. The van der Waals surface area contributed by atoms with Crippen LogP contribution in [0.15, 0.2) is 0 Å². The van der Waals surface area contributed by atoms with E-state index in [1.807, 2.05) is 0 Å². The van der Waals surface area contributed by atoms with Crippen LogP contribution in [0.5, 0.6) is 0 Å². The molecule has 0 fully saturated rings. The average Bonchev–Trinajstić information content (AvgIpc) is 2.32. The van der Waals surface area contributed by atoms with Crippen LogP contribution in [0.2, 0.25) is 0 Å². The Morgan fingerprint density at radius 2 is 1.44 bits per heavy atom. The Morgan fingerprint density at radius 3 is 1.94 bits per heavy atom. The Bertz CT molecular complexity index is 133. The molecule has 0 aromatic carbocycles. The lowest BCUT2D eigenvalue weighted by Crippen LogP contribution is -2.40. The minimum atomic E-state index is 0.529. The number of rotatable bonds is 11. The number of nitrogens with two attached hydrogens (primary N) is 1. The molecule has 0 aliphatic carbocycles. The van der Waals surface area contributed by atoms with Crippen molar-refractivity contribution in [3.8, 4) is 0 Å². The monoisotopic (exact) mass is 228 g/mol. The fraction of sp³-hybridized carbons (Fsp3) is 1.00. The Kier molecular flexibility index (Phi) is 11.3. The summed E-state index contributed by atoms with van der Waals surface area (Å²) in [6.07, 6.45) is 12.0. The molecule has 0 aliphatic rings. The van der Waals surface area contributed by atoms with Crippen molar-refractivity contribution in [1.82, 2.24) is 5.43 Å². The molecule has 0 radical (unpaired) electrons. The Labute approximate surface area is 102 Å². The fourth-order valence-corrected chi connectivity index (χ4v) is 2.46. The van der Waals surface area contributed by atoms with Gasteiger partial charge in [-0.05, 0) is 12.3 Å². The summed E-state index contributed by atoms with van der Waals surface area (Å²) in [5, 5.41) is 0. The molecule has 0 aliphatic heterocycles. The summed E-state index contributed by atoms with van der Waals surface area (Å²) >= 11 is 0. The molecule has 0 bridgehead atoms. The number of nitrogens with one attached hydrogen (secondary N) is 1. The van der Waals surface area contributed by atoms with E-state index in [0.717, 1.165) is 5.92 Å². The van der Waals surface area contributed by atoms with Crippen LogP contribution in [-0.2, 0) is 0 Å². The third kappa shape index (κ3) is 7.24. The highest BCUT2D eigenvalue weighted by Gasteiger charge is 2.15. The van der Waals surface area contributed by atoms with Gasteiger partial charge in [-0.15, -0.1) is 0 Å². The van der Waals surface area contributed by atoms with Crippen LogP contribution in [0.1, 0.15) is 78.6 Å². The van der Waals surface area contributed by atoms with Crippen molar-refractivity contribution in [3.63, 3.8) is 0 Å². The second-order valence-corrected chi connectivity index (χ2v) is 4.91. The molecule has 1 atom stereocenters. The van der Waals surface area contributed by atoms with Crippen molar-refractivity contribution in [2.45, 2.75) is 84.6 Å². The summed E-state index contributed by atoms with van der Waals surface area (Å²) < 4.78 is 0. The topological polar surface area (TPSA) is 38.0 Å². The van der Waals surface area contributed by atoms with E-state index in [1.165, 1.54) is 57.8 Å². The summed E-state index contributed by atoms with van der Waals surface area (Å²) in [5.41, 5.74) is 3.01. The molecule has 1 unspecified atom stereocenters. The first-order valence-corrected chi connectivity index (χ1v) is 7.26. The molecule has 0 aromatic rings. The van der Waals surface area contributed by atoms with E-state index in [9.17, 15) is 0 Å². The van der Waals surface area contributed by atoms with Gasteiger partial charge in [0.2, 0.25) is 0 Å². The first-order valence-electron chi connectivity index (χ1n) is 7.26. The molecule has 0 spiro atoms. The highest BCUT2D eigenvalue weighted by molar-refractivity contribution is 4.72. The van der Waals surface area contributed by atoms with Crippen molar-refractivity contribution in [1.29, 1.82) is 0 Å². The minimum Gasteiger partial charge on any atom is -0.271 e. The Hall–Kier alpha value is -0.0800. The van der Waals surface area contributed by atoms with Gasteiger partial charge in [-0.2, -0.15) is 0 Å². The van der Waals surface area contributed by atoms with Crippen LogP contribution in [0.25, 0.3) is 0 Å². The van der Waals surface area contributed by atoms with Gasteiger partial charge in [-0.1, -0.05) is 72.1 Å². The van der Waals surface area contributed by atoms with Gasteiger partial charge >= 0.3 is 0 Å². The maximum atomic E-state index is 5.64. The Balaban J connectivity index is 3.54. The molecule has 98 valence electrons. The number of hydrogen-bond donors (Lipinski definition) is 2. The van der Waals surface area contributed by atoms with Crippen LogP contribution in [0, 0.1) is 5.92 Å². The molecule has 0 heterocycles. The maximum Gasteiger partial charge on any atom is 0.0238 e. The van der Waals surface area contributed by atoms with Gasteiger partial charge in [0.05, 0.1) is 0 Å². The van der Waals surface area contributed by atoms with Crippen LogP contribution in [0.3, 0.4) is 0 Å². The van der Waals surface area contributed by atoms with Gasteiger partial charge in [-0.25, -0.2) is 0 Å². The van der Waals surface area contributed by atoms with Crippen LogP contribution in [-0.4, -0.2) is 6.04 Å². The van der Waals surface area contributed by atoms with Gasteiger partial charge in [-0.3, -0.25) is 11.3 Å².